The molecule has 3 rings (SSSR count). The fraction of sp³-hybridized carbons (Fsp3) is 0.118. The molecule has 0 bridgehead atoms. The predicted octanol–water partition coefficient (Wildman–Crippen LogP) is 1.08. The van der Waals surface area contributed by atoms with Crippen LogP contribution in [0.25, 0.3) is 0 Å². The van der Waals surface area contributed by atoms with Crippen molar-refractivity contribution in [2.75, 3.05) is 5.32 Å². The standard InChI is InChI=1S/C17H15N3O3/c18-15(21)12-7-3-4-8-13(12)19-17(23)14-9-10-5-1-2-6-11(10)16(22)20-14/h1-8,14H,9H2,(H2,18,21)(H,19,23)(H,20,22). The van der Waals surface area contributed by atoms with Gasteiger partial charge in [-0.25, -0.2) is 0 Å². The van der Waals surface area contributed by atoms with Gasteiger partial charge in [-0.05, 0) is 23.8 Å². The van der Waals surface area contributed by atoms with E-state index in [-0.39, 0.29) is 17.4 Å². The molecule has 0 aromatic heterocycles. The molecule has 0 fully saturated rings. The van der Waals surface area contributed by atoms with Crippen molar-refractivity contribution < 1.29 is 14.4 Å². The second kappa shape index (κ2) is 5.92. The van der Waals surface area contributed by atoms with E-state index in [0.717, 1.165) is 5.56 Å². The van der Waals surface area contributed by atoms with E-state index in [1.165, 1.54) is 6.07 Å². The van der Waals surface area contributed by atoms with Crippen LogP contribution in [0.1, 0.15) is 26.3 Å². The smallest absolute Gasteiger partial charge is 0.252 e. The van der Waals surface area contributed by atoms with E-state index in [0.29, 0.717) is 17.7 Å². The lowest BCUT2D eigenvalue weighted by Gasteiger charge is -2.25. The zero-order chi connectivity index (χ0) is 16.4. The minimum Gasteiger partial charge on any atom is -0.366 e. The summed E-state index contributed by atoms with van der Waals surface area (Å²) in [7, 11) is 0. The lowest BCUT2D eigenvalue weighted by Crippen LogP contribution is -2.48. The SMILES string of the molecule is NC(=O)c1ccccc1NC(=O)C1Cc2ccccc2C(=O)N1. The van der Waals surface area contributed by atoms with E-state index in [1.54, 1.807) is 30.3 Å². The number of carbonyl (C=O) groups excluding carboxylic acids is 3. The highest BCUT2D eigenvalue weighted by atomic mass is 16.2. The highest BCUT2D eigenvalue weighted by molar-refractivity contribution is 6.07. The van der Waals surface area contributed by atoms with Crippen molar-refractivity contribution in [1.29, 1.82) is 0 Å². The minimum atomic E-state index is -0.696. The number of benzene rings is 2. The van der Waals surface area contributed by atoms with Crippen LogP contribution in [0.2, 0.25) is 0 Å². The third-order valence-electron chi connectivity index (χ3n) is 3.76. The van der Waals surface area contributed by atoms with E-state index in [2.05, 4.69) is 10.6 Å². The van der Waals surface area contributed by atoms with Crippen molar-refractivity contribution in [2.24, 2.45) is 5.73 Å². The lowest BCUT2D eigenvalue weighted by molar-refractivity contribution is -0.118. The molecule has 116 valence electrons. The average Bonchev–Trinajstić information content (AvgIpc) is 2.55. The number of primary amides is 1. The Labute approximate surface area is 132 Å². The molecule has 0 saturated carbocycles. The van der Waals surface area contributed by atoms with Gasteiger partial charge in [0.05, 0.1) is 11.3 Å². The van der Waals surface area contributed by atoms with Crippen molar-refractivity contribution in [3.8, 4) is 0 Å². The maximum absolute atomic E-state index is 12.4. The number of para-hydroxylation sites is 1. The molecule has 1 aliphatic heterocycles. The highest BCUT2D eigenvalue weighted by Gasteiger charge is 2.29. The monoisotopic (exact) mass is 309 g/mol. The molecule has 1 unspecified atom stereocenters. The Hall–Kier alpha value is -3.15. The summed E-state index contributed by atoms with van der Waals surface area (Å²) in [6.07, 6.45) is 0.395. The van der Waals surface area contributed by atoms with Gasteiger partial charge in [0.2, 0.25) is 5.91 Å². The normalized spacial score (nSPS) is 16.2. The van der Waals surface area contributed by atoms with Gasteiger partial charge in [-0.3, -0.25) is 14.4 Å². The summed E-state index contributed by atoms with van der Waals surface area (Å²) >= 11 is 0. The molecule has 0 aliphatic carbocycles. The third-order valence-corrected chi connectivity index (χ3v) is 3.76. The second-order valence-electron chi connectivity index (χ2n) is 5.29. The van der Waals surface area contributed by atoms with E-state index in [9.17, 15) is 14.4 Å². The first-order chi connectivity index (χ1) is 11.1. The summed E-state index contributed by atoms with van der Waals surface area (Å²) in [6, 6.07) is 12.9. The summed E-state index contributed by atoms with van der Waals surface area (Å²) in [4.78, 5) is 35.9. The van der Waals surface area contributed by atoms with Gasteiger partial charge in [0.1, 0.15) is 6.04 Å². The number of nitrogens with one attached hydrogen (secondary N) is 2. The molecule has 2 aromatic rings. The molecule has 3 amide bonds. The first kappa shape index (κ1) is 14.8. The van der Waals surface area contributed by atoms with E-state index < -0.39 is 11.9 Å². The predicted molar refractivity (Wildman–Crippen MR) is 85.0 cm³/mol. The van der Waals surface area contributed by atoms with Crippen molar-refractivity contribution in [3.63, 3.8) is 0 Å². The van der Waals surface area contributed by atoms with Crippen molar-refractivity contribution >= 4 is 23.4 Å². The number of hydrogen-bond donors (Lipinski definition) is 3. The quantitative estimate of drug-likeness (QED) is 0.790. The topological polar surface area (TPSA) is 101 Å². The van der Waals surface area contributed by atoms with Gasteiger partial charge in [0.15, 0.2) is 0 Å². The van der Waals surface area contributed by atoms with Crippen LogP contribution in [0.3, 0.4) is 0 Å². The van der Waals surface area contributed by atoms with Gasteiger partial charge < -0.3 is 16.4 Å². The number of anilines is 1. The summed E-state index contributed by atoms with van der Waals surface area (Å²) in [5.74, 6) is -1.30. The van der Waals surface area contributed by atoms with Crippen molar-refractivity contribution in [1.82, 2.24) is 5.32 Å². The molecular formula is C17H15N3O3. The number of hydrogen-bond acceptors (Lipinski definition) is 3. The number of fused-ring (bicyclic) bond motifs is 1. The maximum Gasteiger partial charge on any atom is 0.252 e. The molecular weight excluding hydrogens is 294 g/mol. The number of nitrogens with two attached hydrogens (primary N) is 1. The largest absolute Gasteiger partial charge is 0.366 e. The first-order valence-corrected chi connectivity index (χ1v) is 7.14. The Morgan fingerprint density at radius 2 is 1.78 bits per heavy atom. The zero-order valence-corrected chi connectivity index (χ0v) is 12.2. The maximum atomic E-state index is 12.4. The molecule has 0 saturated heterocycles. The van der Waals surface area contributed by atoms with Crippen molar-refractivity contribution in [3.05, 3.63) is 65.2 Å². The van der Waals surface area contributed by atoms with Gasteiger partial charge in [-0.15, -0.1) is 0 Å². The first-order valence-electron chi connectivity index (χ1n) is 7.14. The van der Waals surface area contributed by atoms with Gasteiger partial charge in [0.25, 0.3) is 11.8 Å². The molecule has 6 nitrogen and oxygen atoms in total. The van der Waals surface area contributed by atoms with Gasteiger partial charge in [-0.2, -0.15) is 0 Å². The summed E-state index contributed by atoms with van der Waals surface area (Å²) in [6.45, 7) is 0. The van der Waals surface area contributed by atoms with Crippen LogP contribution in [0.15, 0.2) is 48.5 Å². The highest BCUT2D eigenvalue weighted by Crippen LogP contribution is 2.19. The Morgan fingerprint density at radius 3 is 2.57 bits per heavy atom. The molecule has 6 heteroatoms. The minimum absolute atomic E-state index is 0.225. The third kappa shape index (κ3) is 2.91. The van der Waals surface area contributed by atoms with Crippen LogP contribution < -0.4 is 16.4 Å². The molecule has 4 N–H and O–H groups in total. The van der Waals surface area contributed by atoms with E-state index in [1.807, 2.05) is 12.1 Å². The Balaban J connectivity index is 1.81. The average molecular weight is 309 g/mol. The van der Waals surface area contributed by atoms with Crippen LogP contribution in [-0.2, 0) is 11.2 Å². The van der Waals surface area contributed by atoms with Crippen LogP contribution in [0.4, 0.5) is 5.69 Å². The fourth-order valence-electron chi connectivity index (χ4n) is 2.61. The Kier molecular flexibility index (Phi) is 3.80. The molecule has 23 heavy (non-hydrogen) atoms. The molecule has 0 spiro atoms. The van der Waals surface area contributed by atoms with Crippen LogP contribution in [0, 0.1) is 0 Å². The summed E-state index contributed by atoms with van der Waals surface area (Å²) < 4.78 is 0. The zero-order valence-electron chi connectivity index (χ0n) is 12.2. The van der Waals surface area contributed by atoms with Gasteiger partial charge in [0, 0.05) is 12.0 Å². The lowest BCUT2D eigenvalue weighted by atomic mass is 9.95. The molecule has 1 atom stereocenters. The Bertz CT molecular complexity index is 801. The number of rotatable bonds is 3. The van der Waals surface area contributed by atoms with Gasteiger partial charge in [-0.1, -0.05) is 30.3 Å². The molecule has 1 aliphatic rings. The van der Waals surface area contributed by atoms with E-state index >= 15 is 0 Å². The molecule has 1 heterocycles. The fourth-order valence-corrected chi connectivity index (χ4v) is 2.61. The molecule has 2 aromatic carbocycles. The van der Waals surface area contributed by atoms with Gasteiger partial charge >= 0.3 is 0 Å². The van der Waals surface area contributed by atoms with Crippen molar-refractivity contribution in [2.45, 2.75) is 12.5 Å². The van der Waals surface area contributed by atoms with Crippen LogP contribution in [-0.4, -0.2) is 23.8 Å². The van der Waals surface area contributed by atoms with Crippen LogP contribution >= 0.6 is 0 Å². The summed E-state index contributed by atoms with van der Waals surface area (Å²) in [5.41, 5.74) is 7.25. The van der Waals surface area contributed by atoms with E-state index in [4.69, 9.17) is 5.73 Å². The second-order valence-corrected chi connectivity index (χ2v) is 5.29. The molecule has 0 radical (unpaired) electrons. The number of amides is 3. The Morgan fingerprint density at radius 1 is 1.09 bits per heavy atom. The number of carbonyl (C=O) groups is 3. The summed E-state index contributed by atoms with van der Waals surface area (Å²) in [5, 5.41) is 5.33. The van der Waals surface area contributed by atoms with Crippen LogP contribution in [0.5, 0.6) is 0 Å².